The summed E-state index contributed by atoms with van der Waals surface area (Å²) in [4.78, 5) is 35.4. The highest BCUT2D eigenvalue weighted by Crippen LogP contribution is 2.42. The quantitative estimate of drug-likeness (QED) is 0.394. The average Bonchev–Trinajstić information content (AvgIpc) is 3.78. The molecule has 9 nitrogen and oxygen atoms in total. The number of nitrogens with zero attached hydrogens (tertiary/aromatic N) is 4. The minimum absolute atomic E-state index is 0.0996. The number of fused-ring (bicyclic) bond motifs is 3. The summed E-state index contributed by atoms with van der Waals surface area (Å²) in [6, 6.07) is 5.61. The molecule has 40 heavy (non-hydrogen) atoms. The summed E-state index contributed by atoms with van der Waals surface area (Å²) in [5.41, 5.74) is 1.50. The zero-order chi connectivity index (χ0) is 28.2. The van der Waals surface area contributed by atoms with Crippen LogP contribution >= 0.6 is 11.6 Å². The van der Waals surface area contributed by atoms with Gasteiger partial charge in [-0.3, -0.25) is 9.36 Å². The number of anilines is 4. The van der Waals surface area contributed by atoms with Gasteiger partial charge in [0, 0.05) is 48.5 Å². The smallest absolute Gasteiger partial charge is 0.295 e. The number of piperidine rings is 1. The summed E-state index contributed by atoms with van der Waals surface area (Å²) in [5.74, 6) is -3.05. The van der Waals surface area contributed by atoms with Crippen molar-refractivity contribution in [3.05, 3.63) is 39.8 Å². The Labute approximate surface area is 234 Å². The lowest BCUT2D eigenvalue weighted by Crippen LogP contribution is -2.52. The van der Waals surface area contributed by atoms with E-state index in [4.69, 9.17) is 16.3 Å². The lowest BCUT2D eigenvalue weighted by atomic mass is 9.87. The van der Waals surface area contributed by atoms with Crippen molar-refractivity contribution in [1.29, 1.82) is 0 Å². The zero-order valence-electron chi connectivity index (χ0n) is 22.3. The number of halogens is 3. The van der Waals surface area contributed by atoms with Crippen molar-refractivity contribution in [1.82, 2.24) is 14.5 Å². The third-order valence-electron chi connectivity index (χ3n) is 8.26. The van der Waals surface area contributed by atoms with E-state index in [1.807, 2.05) is 6.07 Å². The molecular formula is C28H31ClF2N6O3. The number of aromatic nitrogens is 3. The normalized spacial score (nSPS) is 24.0. The lowest BCUT2D eigenvalue weighted by molar-refractivity contribution is -0.108. The minimum Gasteiger partial charge on any atom is -0.486 e. The van der Waals surface area contributed by atoms with Crippen molar-refractivity contribution in [2.24, 2.45) is 17.8 Å². The van der Waals surface area contributed by atoms with Crippen LogP contribution in [0, 0.1) is 17.8 Å². The number of ether oxygens (including phenoxy) is 1. The predicted octanol–water partition coefficient (Wildman–Crippen LogP) is 5.09. The summed E-state index contributed by atoms with van der Waals surface area (Å²) in [5, 5.41) is 7.80. The molecule has 0 amide bonds. The molecule has 12 heteroatoms. The number of hydrogen-bond acceptors (Lipinski definition) is 8. The van der Waals surface area contributed by atoms with Crippen LogP contribution in [0.15, 0.2) is 29.2 Å². The van der Waals surface area contributed by atoms with Crippen LogP contribution in [0.25, 0.3) is 10.9 Å². The van der Waals surface area contributed by atoms with E-state index in [0.717, 1.165) is 24.6 Å². The van der Waals surface area contributed by atoms with Gasteiger partial charge in [-0.15, -0.1) is 0 Å². The highest BCUT2D eigenvalue weighted by molar-refractivity contribution is 6.33. The third-order valence-corrected chi connectivity index (χ3v) is 8.53. The van der Waals surface area contributed by atoms with Crippen LogP contribution in [0.1, 0.15) is 33.1 Å². The van der Waals surface area contributed by atoms with Crippen LogP contribution in [0.3, 0.4) is 0 Å². The number of hydrogen-bond donors (Lipinski definition) is 2. The standard InChI is InChI=1S/C28H31ClF2N6O3/c1-15-13-36(14-16(2)28(15,30)31)27-32-12-20(29)25(35-27)33-18-5-6-22-19(11-18)23-24(26(39)37(22)8-9-38)40-10-7-21(34-23)17-3-4-17/h5-6,9,11-12,15-17,21,34H,3-4,7-8,10,13-14H2,1-2H3,(H,32,33,35)/t15-,16+,21-/m1/s1. The minimum atomic E-state index is -2.76. The van der Waals surface area contributed by atoms with Gasteiger partial charge in [-0.2, -0.15) is 4.98 Å². The van der Waals surface area contributed by atoms with Gasteiger partial charge in [0.05, 0.1) is 30.6 Å². The van der Waals surface area contributed by atoms with Crippen LogP contribution in [-0.2, 0) is 11.3 Å². The monoisotopic (exact) mass is 572 g/mol. The molecule has 0 spiro atoms. The number of rotatable bonds is 6. The summed E-state index contributed by atoms with van der Waals surface area (Å²) >= 11 is 6.45. The molecule has 4 heterocycles. The molecular weight excluding hydrogens is 542 g/mol. The van der Waals surface area contributed by atoms with E-state index in [-0.39, 0.29) is 42.0 Å². The molecule has 6 rings (SSSR count). The van der Waals surface area contributed by atoms with Gasteiger partial charge in [-0.25, -0.2) is 13.8 Å². The molecule has 2 fully saturated rings. The van der Waals surface area contributed by atoms with E-state index in [9.17, 15) is 18.4 Å². The number of aldehydes is 1. The van der Waals surface area contributed by atoms with Crippen molar-refractivity contribution < 1.29 is 18.3 Å². The van der Waals surface area contributed by atoms with Crippen LogP contribution < -0.4 is 25.8 Å². The molecule has 0 bridgehead atoms. The first kappa shape index (κ1) is 26.7. The second kappa shape index (κ2) is 10.2. The summed E-state index contributed by atoms with van der Waals surface area (Å²) < 4.78 is 36.2. The van der Waals surface area contributed by atoms with E-state index in [2.05, 4.69) is 20.6 Å². The van der Waals surface area contributed by atoms with Gasteiger partial charge < -0.3 is 25.1 Å². The molecule has 0 unspecified atom stereocenters. The fourth-order valence-corrected chi connectivity index (χ4v) is 5.94. The Morgan fingerprint density at radius 2 is 1.98 bits per heavy atom. The fourth-order valence-electron chi connectivity index (χ4n) is 5.80. The van der Waals surface area contributed by atoms with Gasteiger partial charge in [-0.05, 0) is 37.0 Å². The maximum Gasteiger partial charge on any atom is 0.295 e. The zero-order valence-corrected chi connectivity index (χ0v) is 23.0. The summed E-state index contributed by atoms with van der Waals surface area (Å²) in [7, 11) is 0. The molecule has 0 radical (unpaired) electrons. The first-order valence-corrected chi connectivity index (χ1v) is 14.0. The Morgan fingerprint density at radius 3 is 2.67 bits per heavy atom. The van der Waals surface area contributed by atoms with Crippen LogP contribution in [0.2, 0.25) is 5.02 Å². The number of carbonyl (C=O) groups is 1. The van der Waals surface area contributed by atoms with Gasteiger partial charge in [0.25, 0.3) is 11.5 Å². The van der Waals surface area contributed by atoms with E-state index in [0.29, 0.717) is 47.5 Å². The molecule has 1 aromatic carbocycles. The maximum atomic E-state index is 14.4. The summed E-state index contributed by atoms with van der Waals surface area (Å²) in [6.07, 6.45) is 5.21. The third kappa shape index (κ3) is 4.74. The Balaban J connectivity index is 1.37. The van der Waals surface area contributed by atoms with Crippen LogP contribution in [0.5, 0.6) is 5.75 Å². The predicted molar refractivity (Wildman–Crippen MR) is 150 cm³/mol. The van der Waals surface area contributed by atoms with Crippen molar-refractivity contribution in [3.63, 3.8) is 0 Å². The number of benzene rings is 1. The SMILES string of the molecule is C[C@@H]1CN(c2ncc(Cl)c(Nc3ccc4c(c3)c3c(c(=O)n4CC=O)OCC[C@H](C4CC4)N3)n2)C[C@H](C)C1(F)F. The van der Waals surface area contributed by atoms with Crippen molar-refractivity contribution in [3.8, 4) is 5.75 Å². The topological polar surface area (TPSA) is 101 Å². The second-order valence-corrected chi connectivity index (χ2v) is 11.5. The largest absolute Gasteiger partial charge is 0.486 e. The van der Waals surface area contributed by atoms with Gasteiger partial charge >= 0.3 is 0 Å². The Hall–Kier alpha value is -3.47. The molecule has 1 saturated carbocycles. The van der Waals surface area contributed by atoms with Crippen LogP contribution in [0.4, 0.5) is 31.9 Å². The molecule has 3 aromatic rings. The Kier molecular flexibility index (Phi) is 6.80. The van der Waals surface area contributed by atoms with Gasteiger partial charge in [-0.1, -0.05) is 25.4 Å². The highest BCUT2D eigenvalue weighted by Gasteiger charge is 2.47. The average molecular weight is 573 g/mol. The van der Waals surface area contributed by atoms with E-state index < -0.39 is 17.8 Å². The Morgan fingerprint density at radius 1 is 1.23 bits per heavy atom. The highest BCUT2D eigenvalue weighted by atomic mass is 35.5. The van der Waals surface area contributed by atoms with E-state index in [1.165, 1.54) is 24.6 Å². The molecule has 3 atom stereocenters. The molecule has 1 saturated heterocycles. The van der Waals surface area contributed by atoms with Gasteiger partial charge in [0.1, 0.15) is 11.3 Å². The molecule has 212 valence electrons. The molecule has 2 aromatic heterocycles. The fraction of sp³-hybridized carbons (Fsp3) is 0.500. The first-order chi connectivity index (χ1) is 19.2. The number of carbonyl (C=O) groups excluding carboxylic acids is 1. The van der Waals surface area contributed by atoms with E-state index >= 15 is 0 Å². The van der Waals surface area contributed by atoms with Crippen molar-refractivity contribution >= 4 is 51.9 Å². The molecule has 2 N–H and O–H groups in total. The van der Waals surface area contributed by atoms with Crippen molar-refractivity contribution in [2.45, 2.75) is 51.6 Å². The maximum absolute atomic E-state index is 14.4. The van der Waals surface area contributed by atoms with Gasteiger partial charge in [0.15, 0.2) is 5.82 Å². The number of pyridine rings is 1. The Bertz CT molecular complexity index is 1510. The summed E-state index contributed by atoms with van der Waals surface area (Å²) in [6.45, 7) is 3.64. The second-order valence-electron chi connectivity index (χ2n) is 11.1. The van der Waals surface area contributed by atoms with E-state index in [1.54, 1.807) is 17.0 Å². The molecule has 3 aliphatic rings. The molecule has 1 aliphatic carbocycles. The van der Waals surface area contributed by atoms with Crippen molar-refractivity contribution in [2.75, 3.05) is 35.2 Å². The number of nitrogens with one attached hydrogen (secondary N) is 2. The van der Waals surface area contributed by atoms with Crippen LogP contribution in [-0.4, -0.2) is 52.5 Å². The molecule has 2 aliphatic heterocycles. The number of alkyl halides is 2. The lowest BCUT2D eigenvalue weighted by Gasteiger charge is -2.41. The van der Waals surface area contributed by atoms with Gasteiger partial charge in [0.2, 0.25) is 11.7 Å². The first-order valence-electron chi connectivity index (χ1n) is 13.6.